The van der Waals surface area contributed by atoms with Gasteiger partial charge in [0, 0.05) is 50.1 Å². The lowest BCUT2D eigenvalue weighted by Gasteiger charge is -2.15. The fourth-order valence-electron chi connectivity index (χ4n) is 17.6. The number of rotatable bonds is 15. The average Bonchev–Trinajstić information content (AvgIpc) is 0.765. The highest BCUT2D eigenvalue weighted by Gasteiger charge is 2.22. The molecule has 0 aliphatic rings. The standard InChI is InChI=1S/3C41H26N2O2/c44-40-34-19-7-8-20-38(34)45-39-22-21-32(25-35(39)40)30-16-9-15-29(23-30)31-17-10-18-33(24-31)37-26-36(27-11-3-1-4-12-27)42-41(43-37)28-13-5-2-6-14-28;44-40-34-21-11-12-22-38(34)45-39-24-23-29(25-35(39)40)30-17-7-8-18-31(30)32-19-9-10-20-33(32)41-42-36(27-13-3-1-4-14-27)26-37(43-41)28-15-5-2-6-16-28;44-40-34-17-9-10-18-38(34)45-39-24-23-31(25-35(39)40)27-19-21-28(22-20-27)32-15-7-8-16-33(32)37-26-36(29-11-3-1-4-12-29)42-41(43-37)30-13-5-2-6-14-30/h3*1-26H. The number of aromatic nitrogens is 6. The number of fused-ring (bicyclic) bond motifs is 6. The molecule has 0 aliphatic heterocycles. The maximum absolute atomic E-state index is 13.5. The Morgan fingerprint density at radius 3 is 0.793 bits per heavy atom. The Morgan fingerprint density at radius 1 is 0.133 bits per heavy atom. The van der Waals surface area contributed by atoms with E-state index in [-0.39, 0.29) is 16.3 Å². The van der Waals surface area contributed by atoms with Crippen molar-refractivity contribution in [3.05, 3.63) is 504 Å². The second-order valence-electron chi connectivity index (χ2n) is 32.9. The van der Waals surface area contributed by atoms with Crippen LogP contribution >= 0.6 is 0 Å². The van der Waals surface area contributed by atoms with Gasteiger partial charge in [-0.15, -0.1) is 0 Å². The van der Waals surface area contributed by atoms with Crippen LogP contribution in [0.5, 0.6) is 0 Å². The van der Waals surface area contributed by atoms with Crippen molar-refractivity contribution in [2.75, 3.05) is 0 Å². The van der Waals surface area contributed by atoms with E-state index >= 15 is 0 Å². The zero-order valence-corrected chi connectivity index (χ0v) is 72.7. The van der Waals surface area contributed by atoms with Crippen molar-refractivity contribution in [1.29, 1.82) is 0 Å². The van der Waals surface area contributed by atoms with E-state index in [0.717, 1.165) is 151 Å². The van der Waals surface area contributed by atoms with Gasteiger partial charge in [-0.05, 0) is 170 Å². The van der Waals surface area contributed by atoms with E-state index in [0.29, 0.717) is 83.3 Å². The van der Waals surface area contributed by atoms with E-state index in [9.17, 15) is 14.4 Å². The van der Waals surface area contributed by atoms with Crippen LogP contribution < -0.4 is 16.3 Å². The van der Waals surface area contributed by atoms with E-state index in [1.54, 1.807) is 0 Å². The van der Waals surface area contributed by atoms with Gasteiger partial charge < -0.3 is 13.3 Å². The number of para-hydroxylation sites is 3. The molecular weight excluding hydrogens is 1660 g/mol. The first-order valence-corrected chi connectivity index (χ1v) is 44.6. The Hall–Kier alpha value is -18.4. The van der Waals surface area contributed by atoms with Crippen LogP contribution in [0, 0.1) is 0 Å². The highest BCUT2D eigenvalue weighted by Crippen LogP contribution is 2.43. The monoisotopic (exact) mass is 1730 g/mol. The molecule has 636 valence electrons. The normalized spacial score (nSPS) is 11.2. The molecule has 24 aromatic rings. The zero-order valence-electron chi connectivity index (χ0n) is 72.7. The smallest absolute Gasteiger partial charge is 0.200 e. The van der Waals surface area contributed by atoms with Crippen LogP contribution in [0.4, 0.5) is 0 Å². The molecule has 0 spiro atoms. The summed E-state index contributed by atoms with van der Waals surface area (Å²) >= 11 is 0. The van der Waals surface area contributed by atoms with Crippen molar-refractivity contribution in [2.24, 2.45) is 0 Å². The fourth-order valence-corrected chi connectivity index (χ4v) is 17.6. The molecule has 0 amide bonds. The molecule has 0 unspecified atom stereocenters. The van der Waals surface area contributed by atoms with Crippen LogP contribution in [0.1, 0.15) is 0 Å². The molecule has 0 bridgehead atoms. The summed E-state index contributed by atoms with van der Waals surface area (Å²) in [6.45, 7) is 0. The minimum absolute atomic E-state index is 0.0196. The third kappa shape index (κ3) is 17.0. The van der Waals surface area contributed by atoms with Crippen LogP contribution in [-0.4, -0.2) is 29.9 Å². The topological polar surface area (TPSA) is 168 Å². The number of nitrogens with zero attached hydrogens (tertiary/aromatic N) is 6. The van der Waals surface area contributed by atoms with Gasteiger partial charge in [0.1, 0.15) is 33.5 Å². The summed E-state index contributed by atoms with van der Waals surface area (Å²) in [5.41, 5.74) is 29.8. The molecule has 0 fully saturated rings. The van der Waals surface area contributed by atoms with E-state index in [1.165, 1.54) is 0 Å². The number of benzene rings is 18. The quantitative estimate of drug-likeness (QED) is 0.0892. The van der Waals surface area contributed by atoms with Gasteiger partial charge in [-0.3, -0.25) is 14.4 Å². The molecule has 18 aromatic carbocycles. The van der Waals surface area contributed by atoms with E-state index < -0.39 is 0 Å². The third-order valence-electron chi connectivity index (χ3n) is 24.4. The van der Waals surface area contributed by atoms with Crippen LogP contribution in [0.15, 0.2) is 501 Å². The largest absolute Gasteiger partial charge is 0.456 e. The van der Waals surface area contributed by atoms with Gasteiger partial charge in [-0.2, -0.15) is 0 Å². The second kappa shape index (κ2) is 36.6. The Bertz CT molecular complexity index is 8630. The van der Waals surface area contributed by atoms with Crippen molar-refractivity contribution in [1.82, 2.24) is 29.9 Å². The maximum Gasteiger partial charge on any atom is 0.200 e. The zero-order chi connectivity index (χ0) is 90.5. The van der Waals surface area contributed by atoms with E-state index in [2.05, 4.69) is 182 Å². The molecule has 6 aromatic heterocycles. The Balaban J connectivity index is 0.000000118. The molecule has 24 rings (SSSR count). The first-order valence-electron chi connectivity index (χ1n) is 44.6. The highest BCUT2D eigenvalue weighted by molar-refractivity contribution is 5.99. The molecule has 0 N–H and O–H groups in total. The summed E-state index contributed by atoms with van der Waals surface area (Å²) in [4.78, 5) is 70.2. The molecular formula is C123H78N6O6. The summed E-state index contributed by atoms with van der Waals surface area (Å²) < 4.78 is 18.1. The van der Waals surface area contributed by atoms with Gasteiger partial charge in [0.2, 0.25) is 16.3 Å². The molecule has 12 nitrogen and oxygen atoms in total. The van der Waals surface area contributed by atoms with Crippen molar-refractivity contribution < 1.29 is 13.3 Å². The Labute approximate surface area is 776 Å². The molecule has 0 aliphatic carbocycles. The highest BCUT2D eigenvalue weighted by atomic mass is 16.3. The SMILES string of the molecule is O=c1c2ccccc2oc2ccc(-c3ccc(-c4ccccc4-c4cc(-c5ccccc5)nc(-c5ccccc5)n4)cc3)cc12.O=c1c2ccccc2oc2ccc(-c3cccc(-c4cccc(-c5cc(-c6ccccc6)nc(-c6ccccc6)n5)c4)c3)cc12.O=c1c2ccccc2oc2ccc(-c3ccccc3-c3ccccc3-c3nc(-c4ccccc4)cc(-c4ccccc4)n3)cc12. The first-order chi connectivity index (χ1) is 66.6. The van der Waals surface area contributed by atoms with Crippen LogP contribution in [0.2, 0.25) is 0 Å². The van der Waals surface area contributed by atoms with Crippen molar-refractivity contribution in [3.8, 4) is 168 Å². The van der Waals surface area contributed by atoms with E-state index in [4.69, 9.17) is 43.2 Å². The van der Waals surface area contributed by atoms with Crippen molar-refractivity contribution >= 4 is 65.8 Å². The maximum atomic E-state index is 13.5. The minimum atomic E-state index is -0.0360. The molecule has 0 saturated carbocycles. The summed E-state index contributed by atoms with van der Waals surface area (Å²) in [6, 6.07) is 157. The third-order valence-corrected chi connectivity index (χ3v) is 24.4. The van der Waals surface area contributed by atoms with Gasteiger partial charge in [0.05, 0.1) is 66.5 Å². The van der Waals surface area contributed by atoms with Crippen molar-refractivity contribution in [2.45, 2.75) is 0 Å². The Morgan fingerprint density at radius 2 is 0.378 bits per heavy atom. The predicted molar refractivity (Wildman–Crippen MR) is 548 cm³/mol. The summed E-state index contributed by atoms with van der Waals surface area (Å²) in [6.07, 6.45) is 0. The number of hydrogen-bond donors (Lipinski definition) is 0. The summed E-state index contributed by atoms with van der Waals surface area (Å²) in [5.74, 6) is 2.02. The lowest BCUT2D eigenvalue weighted by molar-refractivity contribution is 0.659. The summed E-state index contributed by atoms with van der Waals surface area (Å²) in [7, 11) is 0. The molecule has 6 heterocycles. The van der Waals surface area contributed by atoms with E-state index in [1.807, 2.05) is 291 Å². The molecule has 0 saturated heterocycles. The van der Waals surface area contributed by atoms with Crippen LogP contribution in [-0.2, 0) is 0 Å². The predicted octanol–water partition coefficient (Wildman–Crippen LogP) is 30.2. The lowest BCUT2D eigenvalue weighted by Crippen LogP contribution is -2.02. The van der Waals surface area contributed by atoms with Gasteiger partial charge in [0.15, 0.2) is 17.5 Å². The van der Waals surface area contributed by atoms with Crippen molar-refractivity contribution in [3.63, 3.8) is 0 Å². The molecule has 0 atom stereocenters. The lowest BCUT2D eigenvalue weighted by atomic mass is 9.91. The Kier molecular flexibility index (Phi) is 22.3. The number of hydrogen-bond acceptors (Lipinski definition) is 12. The van der Waals surface area contributed by atoms with Gasteiger partial charge in [-0.1, -0.05) is 370 Å². The minimum Gasteiger partial charge on any atom is -0.456 e. The average molecular weight is 1740 g/mol. The second-order valence-corrected chi connectivity index (χ2v) is 32.9. The van der Waals surface area contributed by atoms with Crippen LogP contribution in [0.3, 0.4) is 0 Å². The van der Waals surface area contributed by atoms with Gasteiger partial charge >= 0.3 is 0 Å². The fraction of sp³-hybridized carbons (Fsp3) is 0. The molecule has 135 heavy (non-hydrogen) atoms. The molecule has 0 radical (unpaired) electrons. The summed E-state index contributed by atoms with van der Waals surface area (Å²) in [5, 5.41) is 3.46. The molecule has 12 heteroatoms. The van der Waals surface area contributed by atoms with Gasteiger partial charge in [-0.25, -0.2) is 29.9 Å². The van der Waals surface area contributed by atoms with Gasteiger partial charge in [0.25, 0.3) is 0 Å². The van der Waals surface area contributed by atoms with Crippen LogP contribution in [0.25, 0.3) is 234 Å². The first kappa shape index (κ1) is 82.3.